The van der Waals surface area contributed by atoms with E-state index in [4.69, 9.17) is 10.2 Å². The number of carbonyl (C=O) groups is 2. The van der Waals surface area contributed by atoms with Crippen LogP contribution in [0, 0.1) is 0 Å². The Balaban J connectivity index is 1.79. The van der Waals surface area contributed by atoms with E-state index in [1.807, 2.05) is 0 Å². The lowest BCUT2D eigenvalue weighted by atomic mass is 10.2. The van der Waals surface area contributed by atoms with Crippen molar-refractivity contribution in [3.63, 3.8) is 0 Å². The smallest absolute Gasteiger partial charge is 0.231 e. The number of hydrogen-bond donors (Lipinski definition) is 2. The van der Waals surface area contributed by atoms with E-state index in [-0.39, 0.29) is 31.5 Å². The van der Waals surface area contributed by atoms with Crippen LogP contribution in [-0.2, 0) is 16.0 Å². The SMILES string of the molecule is NC(=O)CN1C[C@@H](F)C[C@H]1CNC(=O)Cc1ccoc1. The zero-order valence-corrected chi connectivity index (χ0v) is 11.0. The summed E-state index contributed by atoms with van der Waals surface area (Å²) in [5.74, 6) is -0.651. The van der Waals surface area contributed by atoms with Gasteiger partial charge < -0.3 is 15.5 Å². The summed E-state index contributed by atoms with van der Waals surface area (Å²) in [5.41, 5.74) is 5.91. The summed E-state index contributed by atoms with van der Waals surface area (Å²) in [6.45, 7) is 0.512. The highest BCUT2D eigenvalue weighted by Gasteiger charge is 2.32. The summed E-state index contributed by atoms with van der Waals surface area (Å²) in [4.78, 5) is 24.3. The van der Waals surface area contributed by atoms with Gasteiger partial charge in [-0.05, 0) is 18.1 Å². The molecule has 2 amide bonds. The molecule has 1 aromatic heterocycles. The highest BCUT2D eigenvalue weighted by Crippen LogP contribution is 2.19. The molecule has 0 aromatic carbocycles. The number of nitrogens with zero attached hydrogens (tertiary/aromatic N) is 1. The molecule has 0 unspecified atom stereocenters. The number of carbonyl (C=O) groups excluding carboxylic acids is 2. The second-order valence-electron chi connectivity index (χ2n) is 5.00. The standard InChI is InChI=1S/C13H18FN3O3/c14-10-4-11(17(6-10)7-12(15)18)5-16-13(19)3-9-1-2-20-8-9/h1-2,8,10-11H,3-7H2,(H2,15,18)(H,16,19)/t10-,11-/m0/s1. The molecule has 20 heavy (non-hydrogen) atoms. The van der Waals surface area contributed by atoms with E-state index in [9.17, 15) is 14.0 Å². The van der Waals surface area contributed by atoms with Gasteiger partial charge in [0.1, 0.15) is 6.17 Å². The van der Waals surface area contributed by atoms with E-state index in [1.165, 1.54) is 12.5 Å². The first-order chi connectivity index (χ1) is 9.54. The zero-order chi connectivity index (χ0) is 14.5. The van der Waals surface area contributed by atoms with Crippen LogP contribution in [0.3, 0.4) is 0 Å². The van der Waals surface area contributed by atoms with Gasteiger partial charge in [-0.1, -0.05) is 0 Å². The number of primary amides is 1. The van der Waals surface area contributed by atoms with Crippen LogP contribution in [0.4, 0.5) is 4.39 Å². The Hall–Kier alpha value is -1.89. The van der Waals surface area contributed by atoms with Crippen molar-refractivity contribution in [2.75, 3.05) is 19.6 Å². The molecule has 1 aliphatic rings. The van der Waals surface area contributed by atoms with Gasteiger partial charge in [-0.25, -0.2) is 4.39 Å². The van der Waals surface area contributed by atoms with E-state index in [2.05, 4.69) is 5.32 Å². The van der Waals surface area contributed by atoms with Crippen LogP contribution in [0.2, 0.25) is 0 Å². The molecule has 0 aliphatic carbocycles. The van der Waals surface area contributed by atoms with Crippen LogP contribution in [-0.4, -0.2) is 48.6 Å². The second-order valence-corrected chi connectivity index (χ2v) is 5.00. The van der Waals surface area contributed by atoms with Crippen LogP contribution in [0.1, 0.15) is 12.0 Å². The largest absolute Gasteiger partial charge is 0.472 e. The normalized spacial score (nSPS) is 22.9. The van der Waals surface area contributed by atoms with Crippen LogP contribution >= 0.6 is 0 Å². The molecule has 1 fully saturated rings. The van der Waals surface area contributed by atoms with Gasteiger partial charge in [0.25, 0.3) is 0 Å². The van der Waals surface area contributed by atoms with Gasteiger partial charge in [-0.2, -0.15) is 0 Å². The fourth-order valence-electron chi connectivity index (χ4n) is 2.40. The molecule has 0 bridgehead atoms. The molecule has 0 saturated carbocycles. The molecule has 1 aromatic rings. The van der Waals surface area contributed by atoms with Crippen molar-refractivity contribution in [2.24, 2.45) is 5.73 Å². The molecule has 2 atom stereocenters. The molecule has 2 rings (SSSR count). The van der Waals surface area contributed by atoms with Crippen molar-refractivity contribution < 1.29 is 18.4 Å². The monoisotopic (exact) mass is 283 g/mol. The fourth-order valence-corrected chi connectivity index (χ4v) is 2.40. The van der Waals surface area contributed by atoms with E-state index in [1.54, 1.807) is 11.0 Å². The average molecular weight is 283 g/mol. The number of likely N-dealkylation sites (tertiary alicyclic amines) is 1. The first-order valence-electron chi connectivity index (χ1n) is 6.49. The summed E-state index contributed by atoms with van der Waals surface area (Å²) in [5, 5.41) is 2.75. The third kappa shape index (κ3) is 4.06. The number of alkyl halides is 1. The first-order valence-corrected chi connectivity index (χ1v) is 6.49. The number of furan rings is 1. The summed E-state index contributed by atoms with van der Waals surface area (Å²) in [7, 11) is 0. The average Bonchev–Trinajstić information content (AvgIpc) is 2.96. The molecule has 1 saturated heterocycles. The van der Waals surface area contributed by atoms with E-state index < -0.39 is 12.1 Å². The molecule has 1 aliphatic heterocycles. The number of nitrogens with one attached hydrogen (secondary N) is 1. The van der Waals surface area contributed by atoms with Crippen LogP contribution in [0.5, 0.6) is 0 Å². The Morgan fingerprint density at radius 2 is 2.35 bits per heavy atom. The Kier molecular flexibility index (Phi) is 4.73. The minimum absolute atomic E-state index is 0.0166. The van der Waals surface area contributed by atoms with Crippen molar-refractivity contribution in [1.82, 2.24) is 10.2 Å². The predicted octanol–water partition coefficient (Wildman–Crippen LogP) is -0.164. The molecule has 3 N–H and O–H groups in total. The highest BCUT2D eigenvalue weighted by atomic mass is 19.1. The molecule has 6 nitrogen and oxygen atoms in total. The Bertz CT molecular complexity index is 463. The van der Waals surface area contributed by atoms with Crippen molar-refractivity contribution in [3.05, 3.63) is 24.2 Å². The maximum absolute atomic E-state index is 13.4. The number of rotatable bonds is 6. The van der Waals surface area contributed by atoms with E-state index in [0.29, 0.717) is 13.0 Å². The number of amides is 2. The second kappa shape index (κ2) is 6.51. The maximum Gasteiger partial charge on any atom is 0.231 e. The van der Waals surface area contributed by atoms with Crippen molar-refractivity contribution >= 4 is 11.8 Å². The lowest BCUT2D eigenvalue weighted by Gasteiger charge is -2.22. The summed E-state index contributed by atoms with van der Waals surface area (Å²) in [6.07, 6.45) is 2.55. The molecule has 2 heterocycles. The van der Waals surface area contributed by atoms with Crippen molar-refractivity contribution in [3.8, 4) is 0 Å². The molecule has 0 radical (unpaired) electrons. The number of hydrogen-bond acceptors (Lipinski definition) is 4. The van der Waals surface area contributed by atoms with Gasteiger partial charge in [0.2, 0.25) is 11.8 Å². The first kappa shape index (κ1) is 14.5. The minimum atomic E-state index is -0.981. The maximum atomic E-state index is 13.4. The predicted molar refractivity (Wildman–Crippen MR) is 69.5 cm³/mol. The summed E-state index contributed by atoms with van der Waals surface area (Å²) in [6, 6.07) is 1.53. The zero-order valence-electron chi connectivity index (χ0n) is 11.0. The summed E-state index contributed by atoms with van der Waals surface area (Å²) >= 11 is 0. The van der Waals surface area contributed by atoms with Gasteiger partial charge >= 0.3 is 0 Å². The van der Waals surface area contributed by atoms with E-state index >= 15 is 0 Å². The van der Waals surface area contributed by atoms with Crippen LogP contribution in [0.25, 0.3) is 0 Å². The van der Waals surface area contributed by atoms with Gasteiger partial charge in [0.15, 0.2) is 0 Å². The van der Waals surface area contributed by atoms with Crippen molar-refractivity contribution in [1.29, 1.82) is 0 Å². The molecule has 0 spiro atoms. The Morgan fingerprint density at radius 1 is 1.55 bits per heavy atom. The molecular formula is C13H18FN3O3. The Labute approximate surface area is 116 Å². The molecule has 7 heteroatoms. The third-order valence-corrected chi connectivity index (χ3v) is 3.32. The van der Waals surface area contributed by atoms with E-state index in [0.717, 1.165) is 5.56 Å². The topological polar surface area (TPSA) is 88.6 Å². The quantitative estimate of drug-likeness (QED) is 0.759. The van der Waals surface area contributed by atoms with Crippen molar-refractivity contribution in [2.45, 2.75) is 25.1 Å². The highest BCUT2D eigenvalue weighted by molar-refractivity contribution is 5.78. The van der Waals surface area contributed by atoms with Gasteiger partial charge in [-0.3, -0.25) is 14.5 Å². The lowest BCUT2D eigenvalue weighted by Crippen LogP contribution is -2.43. The van der Waals surface area contributed by atoms with Gasteiger partial charge in [-0.15, -0.1) is 0 Å². The van der Waals surface area contributed by atoms with Crippen LogP contribution < -0.4 is 11.1 Å². The fraction of sp³-hybridized carbons (Fsp3) is 0.538. The van der Waals surface area contributed by atoms with Gasteiger partial charge in [0, 0.05) is 19.1 Å². The van der Waals surface area contributed by atoms with Crippen LogP contribution in [0.15, 0.2) is 23.0 Å². The molecule has 110 valence electrons. The lowest BCUT2D eigenvalue weighted by molar-refractivity contribution is -0.120. The summed E-state index contributed by atoms with van der Waals surface area (Å²) < 4.78 is 18.3. The number of halogens is 1. The molecular weight excluding hydrogens is 265 g/mol. The third-order valence-electron chi connectivity index (χ3n) is 3.32. The van der Waals surface area contributed by atoms with Gasteiger partial charge in [0.05, 0.1) is 25.5 Å². The minimum Gasteiger partial charge on any atom is -0.472 e. The Morgan fingerprint density at radius 3 is 3.00 bits per heavy atom. The number of nitrogens with two attached hydrogens (primary N) is 1.